The van der Waals surface area contributed by atoms with Gasteiger partial charge in [0.1, 0.15) is 0 Å². The zero-order valence-electron chi connectivity index (χ0n) is 8.18. The Morgan fingerprint density at radius 1 is 1.50 bits per heavy atom. The lowest BCUT2D eigenvalue weighted by Crippen LogP contribution is -1.94. The number of nitrogens with zero attached hydrogens (tertiary/aromatic N) is 2. The molecule has 78 valence electrons. The number of fused-ring (bicyclic) bond motifs is 1. The number of nitrogens with one attached hydrogen (secondary N) is 1. The molecule has 0 saturated carbocycles. The molecular formula is C11H7N3O2. The minimum absolute atomic E-state index is 0.468. The summed E-state index contributed by atoms with van der Waals surface area (Å²) in [5, 5.41) is 20.0. The molecule has 2 rings (SSSR count). The Morgan fingerprint density at radius 3 is 2.94 bits per heavy atom. The Hall–Kier alpha value is -2.61. The van der Waals surface area contributed by atoms with Crippen molar-refractivity contribution in [3.63, 3.8) is 0 Å². The second-order valence-corrected chi connectivity index (χ2v) is 3.19. The van der Waals surface area contributed by atoms with E-state index in [1.54, 1.807) is 12.3 Å². The Morgan fingerprint density at radius 2 is 2.25 bits per heavy atom. The molecule has 0 aliphatic heterocycles. The summed E-state index contributed by atoms with van der Waals surface area (Å²) in [5.41, 5.74) is 1.06. The minimum Gasteiger partial charge on any atom is -0.361 e. The quantitative estimate of drug-likeness (QED) is 0.472. The molecule has 0 radical (unpaired) electrons. The van der Waals surface area contributed by atoms with E-state index in [-0.39, 0.29) is 0 Å². The smallest absolute Gasteiger partial charge is 0.346 e. The first kappa shape index (κ1) is 9.93. The Kier molecular flexibility index (Phi) is 2.40. The van der Waals surface area contributed by atoms with Crippen molar-refractivity contribution in [2.75, 3.05) is 0 Å². The summed E-state index contributed by atoms with van der Waals surface area (Å²) in [6.07, 6.45) is 2.91. The number of rotatable bonds is 2. The molecule has 0 atom stereocenters. The molecule has 0 amide bonds. The van der Waals surface area contributed by atoms with Gasteiger partial charge in [-0.3, -0.25) is 10.1 Å². The fourth-order valence-electron chi connectivity index (χ4n) is 1.49. The number of benzene rings is 1. The summed E-state index contributed by atoms with van der Waals surface area (Å²) >= 11 is 0. The van der Waals surface area contributed by atoms with Crippen LogP contribution in [0.3, 0.4) is 0 Å². The summed E-state index contributed by atoms with van der Waals surface area (Å²) < 4.78 is 0. The van der Waals surface area contributed by atoms with E-state index in [9.17, 15) is 10.1 Å². The second-order valence-electron chi connectivity index (χ2n) is 3.19. The van der Waals surface area contributed by atoms with Crippen molar-refractivity contribution >= 4 is 17.0 Å². The van der Waals surface area contributed by atoms with Crippen molar-refractivity contribution in [2.24, 2.45) is 0 Å². The van der Waals surface area contributed by atoms with Gasteiger partial charge in [0, 0.05) is 28.7 Å². The van der Waals surface area contributed by atoms with E-state index in [0.29, 0.717) is 5.56 Å². The molecule has 1 aromatic carbocycles. The standard InChI is InChI=1S/C11H7N3O2/c12-6-9(14(15)16)5-8-7-13-11-4-2-1-3-10(8)11/h1-5,7,13H/b9-5+. The molecule has 2 aromatic rings. The Bertz CT molecular complexity index is 619. The predicted octanol–water partition coefficient (Wildman–Crippen LogP) is 2.31. The van der Waals surface area contributed by atoms with Crippen LogP contribution in [0, 0.1) is 21.4 Å². The largest absolute Gasteiger partial charge is 0.361 e. The third kappa shape index (κ3) is 1.64. The van der Waals surface area contributed by atoms with E-state index in [4.69, 9.17) is 5.26 Å². The Balaban J connectivity index is 2.57. The zero-order valence-corrected chi connectivity index (χ0v) is 8.18. The molecule has 0 unspecified atom stereocenters. The fraction of sp³-hybridized carbons (Fsp3) is 0. The van der Waals surface area contributed by atoms with Crippen molar-refractivity contribution in [3.05, 3.63) is 51.8 Å². The van der Waals surface area contributed by atoms with Gasteiger partial charge in [-0.05, 0) is 6.07 Å². The molecule has 1 heterocycles. The van der Waals surface area contributed by atoms with Crippen LogP contribution < -0.4 is 0 Å². The highest BCUT2D eigenvalue weighted by Gasteiger charge is 2.10. The lowest BCUT2D eigenvalue weighted by molar-refractivity contribution is -0.415. The lowest BCUT2D eigenvalue weighted by Gasteiger charge is -1.90. The number of allylic oxidation sites excluding steroid dienone is 1. The van der Waals surface area contributed by atoms with Crippen LogP contribution in [0.25, 0.3) is 17.0 Å². The van der Waals surface area contributed by atoms with Crippen LogP contribution in [0.4, 0.5) is 0 Å². The SMILES string of the molecule is N#C/C(=C\c1c[nH]c2ccccc12)[N+](=O)[O-]. The maximum atomic E-state index is 10.5. The third-order valence-electron chi connectivity index (χ3n) is 2.22. The summed E-state index contributed by atoms with van der Waals surface area (Å²) in [5.74, 6) is 0. The minimum atomic E-state index is -0.693. The van der Waals surface area contributed by atoms with Crippen LogP contribution in [0.5, 0.6) is 0 Å². The summed E-state index contributed by atoms with van der Waals surface area (Å²) in [4.78, 5) is 12.8. The molecule has 5 nitrogen and oxygen atoms in total. The van der Waals surface area contributed by atoms with Crippen molar-refractivity contribution in [2.45, 2.75) is 0 Å². The summed E-state index contributed by atoms with van der Waals surface area (Å²) in [6.45, 7) is 0. The number of nitro groups is 1. The zero-order chi connectivity index (χ0) is 11.5. The maximum absolute atomic E-state index is 10.5. The molecule has 0 fully saturated rings. The molecule has 0 bridgehead atoms. The third-order valence-corrected chi connectivity index (χ3v) is 2.22. The molecule has 0 aliphatic rings. The number of nitriles is 1. The predicted molar refractivity (Wildman–Crippen MR) is 58.9 cm³/mol. The van der Waals surface area contributed by atoms with Gasteiger partial charge in [-0.15, -0.1) is 0 Å². The molecule has 1 N–H and O–H groups in total. The molecule has 5 heteroatoms. The summed E-state index contributed by atoms with van der Waals surface area (Å²) in [7, 11) is 0. The van der Waals surface area contributed by atoms with Gasteiger partial charge in [0.2, 0.25) is 0 Å². The molecule has 0 spiro atoms. The van der Waals surface area contributed by atoms with Crippen molar-refractivity contribution in [1.82, 2.24) is 4.98 Å². The van der Waals surface area contributed by atoms with E-state index in [1.165, 1.54) is 6.08 Å². The van der Waals surface area contributed by atoms with Crippen LogP contribution in [0.2, 0.25) is 0 Å². The molecule has 0 aliphatic carbocycles. The number of hydrogen-bond acceptors (Lipinski definition) is 3. The lowest BCUT2D eigenvalue weighted by atomic mass is 10.1. The maximum Gasteiger partial charge on any atom is 0.346 e. The number of aromatic amines is 1. The highest BCUT2D eigenvalue weighted by molar-refractivity contribution is 5.89. The van der Waals surface area contributed by atoms with Gasteiger partial charge in [-0.2, -0.15) is 5.26 Å². The topological polar surface area (TPSA) is 82.7 Å². The van der Waals surface area contributed by atoms with Crippen LogP contribution >= 0.6 is 0 Å². The normalized spacial score (nSPS) is 11.3. The number of hydrogen-bond donors (Lipinski definition) is 1. The molecular weight excluding hydrogens is 206 g/mol. The first-order chi connectivity index (χ1) is 7.72. The van der Waals surface area contributed by atoms with Gasteiger partial charge in [0.15, 0.2) is 6.07 Å². The fourth-order valence-corrected chi connectivity index (χ4v) is 1.49. The van der Waals surface area contributed by atoms with Gasteiger partial charge in [-0.25, -0.2) is 0 Å². The molecule has 1 aromatic heterocycles. The molecule has 0 saturated heterocycles. The van der Waals surface area contributed by atoms with Crippen LogP contribution in [-0.4, -0.2) is 9.91 Å². The average molecular weight is 213 g/mol. The number of para-hydroxylation sites is 1. The first-order valence-corrected chi connectivity index (χ1v) is 4.54. The van der Waals surface area contributed by atoms with E-state index < -0.39 is 10.6 Å². The van der Waals surface area contributed by atoms with E-state index in [0.717, 1.165) is 10.9 Å². The monoisotopic (exact) mass is 213 g/mol. The van der Waals surface area contributed by atoms with Crippen molar-refractivity contribution in [3.8, 4) is 6.07 Å². The van der Waals surface area contributed by atoms with Crippen molar-refractivity contribution < 1.29 is 4.92 Å². The highest BCUT2D eigenvalue weighted by Crippen LogP contribution is 2.20. The van der Waals surface area contributed by atoms with Gasteiger partial charge < -0.3 is 4.98 Å². The van der Waals surface area contributed by atoms with Crippen LogP contribution in [0.1, 0.15) is 5.56 Å². The van der Waals surface area contributed by atoms with Gasteiger partial charge in [0.25, 0.3) is 0 Å². The first-order valence-electron chi connectivity index (χ1n) is 4.54. The number of H-pyrrole nitrogens is 1. The van der Waals surface area contributed by atoms with E-state index in [1.807, 2.05) is 24.3 Å². The highest BCUT2D eigenvalue weighted by atomic mass is 16.6. The number of aromatic nitrogens is 1. The van der Waals surface area contributed by atoms with E-state index >= 15 is 0 Å². The average Bonchev–Trinajstić information content (AvgIpc) is 2.69. The van der Waals surface area contributed by atoms with Crippen LogP contribution in [-0.2, 0) is 0 Å². The van der Waals surface area contributed by atoms with Gasteiger partial charge in [0.05, 0.1) is 4.92 Å². The van der Waals surface area contributed by atoms with E-state index in [2.05, 4.69) is 4.98 Å². The Labute approximate surface area is 90.8 Å². The van der Waals surface area contributed by atoms with Gasteiger partial charge in [-0.1, -0.05) is 18.2 Å². The molecule has 16 heavy (non-hydrogen) atoms. The summed E-state index contributed by atoms with van der Waals surface area (Å²) in [6, 6.07) is 8.96. The van der Waals surface area contributed by atoms with Crippen molar-refractivity contribution in [1.29, 1.82) is 5.26 Å². The second kappa shape index (κ2) is 3.87. The van der Waals surface area contributed by atoms with Crippen LogP contribution in [0.15, 0.2) is 36.2 Å². The van der Waals surface area contributed by atoms with Gasteiger partial charge >= 0.3 is 5.70 Å².